The average molecular weight is 159 g/mol. The van der Waals surface area contributed by atoms with Gasteiger partial charge in [-0.1, -0.05) is 18.2 Å². The molecule has 1 N–H and O–H groups in total. The monoisotopic (exact) mass is 159 g/mol. The number of anilines is 1. The van der Waals surface area contributed by atoms with Crippen LogP contribution in [0.5, 0.6) is 0 Å². The summed E-state index contributed by atoms with van der Waals surface area (Å²) in [5, 5.41) is 3.27. The zero-order valence-corrected chi connectivity index (χ0v) is 7.30. The van der Waals surface area contributed by atoms with Gasteiger partial charge in [0.2, 0.25) is 0 Å². The van der Waals surface area contributed by atoms with Crippen LogP contribution < -0.4 is 5.32 Å². The minimum atomic E-state index is 0.772. The van der Waals surface area contributed by atoms with Gasteiger partial charge in [-0.25, -0.2) is 0 Å². The third-order valence-electron chi connectivity index (χ3n) is 1.73. The molecule has 0 heterocycles. The molecule has 0 aromatic heterocycles. The van der Waals surface area contributed by atoms with E-state index in [0.29, 0.717) is 0 Å². The summed E-state index contributed by atoms with van der Waals surface area (Å²) in [6.07, 6.45) is 5.91. The first-order valence-corrected chi connectivity index (χ1v) is 4.07. The highest BCUT2D eigenvalue weighted by molar-refractivity contribution is 5.50. The quantitative estimate of drug-likeness (QED) is 0.527. The molecule has 12 heavy (non-hydrogen) atoms. The summed E-state index contributed by atoms with van der Waals surface area (Å²) in [5.41, 5.74) is 2.43. The molecule has 0 aliphatic carbocycles. The zero-order valence-electron chi connectivity index (χ0n) is 7.30. The van der Waals surface area contributed by atoms with E-state index in [1.807, 2.05) is 12.1 Å². The fourth-order valence-corrected chi connectivity index (χ4v) is 1.04. The Hall–Kier alpha value is -1.42. The normalized spacial score (nSPS) is 9.00. The van der Waals surface area contributed by atoms with Crippen LogP contribution >= 0.6 is 0 Å². The van der Waals surface area contributed by atoms with Crippen LogP contribution in [0.15, 0.2) is 24.3 Å². The number of terminal acetylenes is 1. The summed E-state index contributed by atoms with van der Waals surface area (Å²) in [7, 11) is 0. The topological polar surface area (TPSA) is 12.0 Å². The van der Waals surface area contributed by atoms with Crippen LogP contribution in [0.2, 0.25) is 0 Å². The van der Waals surface area contributed by atoms with Crippen molar-refractivity contribution in [2.75, 3.05) is 11.9 Å². The second-order valence-corrected chi connectivity index (χ2v) is 2.70. The van der Waals surface area contributed by atoms with E-state index < -0.39 is 0 Å². The molecule has 1 nitrogen and oxygen atoms in total. The van der Waals surface area contributed by atoms with E-state index in [-0.39, 0.29) is 0 Å². The van der Waals surface area contributed by atoms with Gasteiger partial charge in [0.15, 0.2) is 0 Å². The van der Waals surface area contributed by atoms with E-state index in [4.69, 9.17) is 6.42 Å². The number of nitrogens with one attached hydrogen (secondary N) is 1. The Morgan fingerprint density at radius 1 is 1.42 bits per heavy atom. The van der Waals surface area contributed by atoms with Crippen molar-refractivity contribution < 1.29 is 0 Å². The molecule has 0 saturated heterocycles. The summed E-state index contributed by atoms with van der Waals surface area (Å²) in [6.45, 7) is 2.93. The van der Waals surface area contributed by atoms with Crippen molar-refractivity contribution in [2.24, 2.45) is 0 Å². The molecule has 0 atom stereocenters. The van der Waals surface area contributed by atoms with Gasteiger partial charge >= 0.3 is 0 Å². The van der Waals surface area contributed by atoms with Crippen molar-refractivity contribution in [2.45, 2.75) is 13.3 Å². The van der Waals surface area contributed by atoms with E-state index >= 15 is 0 Å². The van der Waals surface area contributed by atoms with Crippen LogP contribution in [0.1, 0.15) is 12.0 Å². The number of aryl methyl sites for hydroxylation is 1. The second kappa shape index (κ2) is 4.46. The fourth-order valence-electron chi connectivity index (χ4n) is 1.04. The highest BCUT2D eigenvalue weighted by Gasteiger charge is 1.92. The Bertz CT molecular complexity index is 283. The molecule has 0 aliphatic rings. The molecule has 0 fully saturated rings. The summed E-state index contributed by atoms with van der Waals surface area (Å²) in [5.74, 6) is 2.59. The number of para-hydroxylation sites is 1. The molecule has 62 valence electrons. The molecular weight excluding hydrogens is 146 g/mol. The largest absolute Gasteiger partial charge is 0.384 e. The third kappa shape index (κ3) is 2.32. The standard InChI is InChI=1S/C11H13N/c1-3-4-9-12-11-8-6-5-7-10(11)2/h1,5-8,12H,4,9H2,2H3. The Labute approximate surface area is 73.8 Å². The van der Waals surface area contributed by atoms with Crippen LogP contribution in [-0.2, 0) is 0 Å². The lowest BCUT2D eigenvalue weighted by Crippen LogP contribution is -2.01. The number of benzene rings is 1. The van der Waals surface area contributed by atoms with Crippen molar-refractivity contribution >= 4 is 5.69 Å². The van der Waals surface area contributed by atoms with E-state index in [0.717, 1.165) is 13.0 Å². The van der Waals surface area contributed by atoms with Crippen molar-refractivity contribution in [3.8, 4) is 12.3 Å². The van der Waals surface area contributed by atoms with Crippen molar-refractivity contribution in [3.05, 3.63) is 29.8 Å². The minimum absolute atomic E-state index is 0.772. The van der Waals surface area contributed by atoms with Gasteiger partial charge in [-0.05, 0) is 18.6 Å². The number of hydrogen-bond donors (Lipinski definition) is 1. The Balaban J connectivity index is 2.53. The van der Waals surface area contributed by atoms with Crippen molar-refractivity contribution in [1.82, 2.24) is 0 Å². The van der Waals surface area contributed by atoms with E-state index in [2.05, 4.69) is 30.3 Å². The van der Waals surface area contributed by atoms with Gasteiger partial charge in [-0.15, -0.1) is 12.3 Å². The maximum atomic E-state index is 5.14. The van der Waals surface area contributed by atoms with Gasteiger partial charge in [0.05, 0.1) is 0 Å². The molecule has 0 aliphatic heterocycles. The van der Waals surface area contributed by atoms with Crippen molar-refractivity contribution in [1.29, 1.82) is 0 Å². The van der Waals surface area contributed by atoms with Crippen LogP contribution in [0.3, 0.4) is 0 Å². The van der Waals surface area contributed by atoms with Crippen LogP contribution in [0.4, 0.5) is 5.69 Å². The molecule has 0 saturated carbocycles. The third-order valence-corrected chi connectivity index (χ3v) is 1.73. The van der Waals surface area contributed by atoms with Gasteiger partial charge in [0.25, 0.3) is 0 Å². The smallest absolute Gasteiger partial charge is 0.0370 e. The summed E-state index contributed by atoms with van der Waals surface area (Å²) < 4.78 is 0. The average Bonchev–Trinajstić information content (AvgIpc) is 2.09. The molecule has 1 heteroatoms. The predicted molar refractivity (Wildman–Crippen MR) is 53.1 cm³/mol. The molecule has 0 radical (unpaired) electrons. The van der Waals surface area contributed by atoms with Crippen molar-refractivity contribution in [3.63, 3.8) is 0 Å². The lowest BCUT2D eigenvalue weighted by Gasteiger charge is -2.06. The molecule has 0 amide bonds. The first-order chi connectivity index (χ1) is 5.84. The van der Waals surface area contributed by atoms with Crippen LogP contribution in [0.25, 0.3) is 0 Å². The number of hydrogen-bond acceptors (Lipinski definition) is 1. The van der Waals surface area contributed by atoms with E-state index in [1.165, 1.54) is 11.3 Å². The lowest BCUT2D eigenvalue weighted by molar-refractivity contribution is 1.09. The van der Waals surface area contributed by atoms with Gasteiger partial charge in [0, 0.05) is 18.7 Å². The summed E-state index contributed by atoms with van der Waals surface area (Å²) >= 11 is 0. The molecule has 0 bridgehead atoms. The molecule has 0 unspecified atom stereocenters. The Morgan fingerprint density at radius 3 is 2.83 bits per heavy atom. The zero-order chi connectivity index (χ0) is 8.81. The minimum Gasteiger partial charge on any atom is -0.384 e. The summed E-state index contributed by atoms with van der Waals surface area (Å²) in [4.78, 5) is 0. The van der Waals surface area contributed by atoms with Gasteiger partial charge < -0.3 is 5.32 Å². The van der Waals surface area contributed by atoms with E-state index in [9.17, 15) is 0 Å². The SMILES string of the molecule is C#CCCNc1ccccc1C. The first-order valence-electron chi connectivity index (χ1n) is 4.07. The summed E-state index contributed by atoms with van der Waals surface area (Å²) in [6, 6.07) is 8.19. The predicted octanol–water partition coefficient (Wildman–Crippen LogP) is 2.43. The van der Waals surface area contributed by atoms with E-state index in [1.54, 1.807) is 0 Å². The molecule has 1 aromatic carbocycles. The maximum Gasteiger partial charge on any atom is 0.0370 e. The Kier molecular flexibility index (Phi) is 3.22. The second-order valence-electron chi connectivity index (χ2n) is 2.70. The fraction of sp³-hybridized carbons (Fsp3) is 0.273. The lowest BCUT2D eigenvalue weighted by atomic mass is 10.2. The van der Waals surface area contributed by atoms with Gasteiger partial charge in [-0.2, -0.15) is 0 Å². The van der Waals surface area contributed by atoms with Gasteiger partial charge in [-0.3, -0.25) is 0 Å². The van der Waals surface area contributed by atoms with Crippen LogP contribution in [-0.4, -0.2) is 6.54 Å². The highest BCUT2D eigenvalue weighted by Crippen LogP contribution is 2.12. The molecule has 0 spiro atoms. The van der Waals surface area contributed by atoms with Crippen LogP contribution in [0, 0.1) is 19.3 Å². The van der Waals surface area contributed by atoms with Gasteiger partial charge in [0.1, 0.15) is 0 Å². The molecule has 1 aromatic rings. The molecule has 1 rings (SSSR count). The number of rotatable bonds is 3. The highest BCUT2D eigenvalue weighted by atomic mass is 14.9. The maximum absolute atomic E-state index is 5.14. The molecular formula is C11H13N. The first kappa shape index (κ1) is 8.67. The Morgan fingerprint density at radius 2 is 2.17 bits per heavy atom.